The van der Waals surface area contributed by atoms with Crippen LogP contribution in [0.25, 0.3) is 0 Å². The molecule has 3 heteroatoms. The molecule has 0 atom stereocenters. The van der Waals surface area contributed by atoms with E-state index in [0.29, 0.717) is 12.3 Å². The summed E-state index contributed by atoms with van der Waals surface area (Å²) in [6, 6.07) is 5.82. The first-order chi connectivity index (χ1) is 8.16. The van der Waals surface area contributed by atoms with Crippen molar-refractivity contribution >= 4 is 21.7 Å². The zero-order chi connectivity index (χ0) is 12.3. The van der Waals surface area contributed by atoms with Crippen LogP contribution in [-0.2, 0) is 4.74 Å². The molecule has 0 aliphatic carbocycles. The molecule has 1 aliphatic rings. The number of ketones is 1. The zero-order valence-electron chi connectivity index (χ0n) is 10.0. The summed E-state index contributed by atoms with van der Waals surface area (Å²) in [5.74, 6) is 0.757. The van der Waals surface area contributed by atoms with Crippen molar-refractivity contribution in [2.75, 3.05) is 13.2 Å². The van der Waals surface area contributed by atoms with Gasteiger partial charge in [-0.15, -0.1) is 0 Å². The molecule has 0 spiro atoms. The minimum atomic E-state index is 0.257. The average molecular weight is 297 g/mol. The van der Waals surface area contributed by atoms with Crippen molar-refractivity contribution in [1.29, 1.82) is 0 Å². The van der Waals surface area contributed by atoms with Gasteiger partial charge in [0.15, 0.2) is 5.78 Å². The maximum atomic E-state index is 12.1. The molecule has 2 nitrogen and oxygen atoms in total. The van der Waals surface area contributed by atoms with Crippen molar-refractivity contribution in [2.24, 2.45) is 5.92 Å². The zero-order valence-corrected chi connectivity index (χ0v) is 11.6. The molecule has 1 aliphatic heterocycles. The third kappa shape index (κ3) is 3.39. The van der Waals surface area contributed by atoms with E-state index in [-0.39, 0.29) is 5.78 Å². The minimum Gasteiger partial charge on any atom is -0.381 e. The largest absolute Gasteiger partial charge is 0.381 e. The van der Waals surface area contributed by atoms with Crippen LogP contribution in [0, 0.1) is 12.8 Å². The molecule has 0 amide bonds. The molecule has 0 radical (unpaired) electrons. The summed E-state index contributed by atoms with van der Waals surface area (Å²) in [6.45, 7) is 3.62. The Bertz CT molecular complexity index is 409. The van der Waals surface area contributed by atoms with E-state index in [4.69, 9.17) is 4.74 Å². The molecule has 1 fully saturated rings. The number of benzene rings is 1. The second-order valence-corrected chi connectivity index (χ2v) is 5.50. The van der Waals surface area contributed by atoms with E-state index in [1.165, 1.54) is 0 Å². The number of carbonyl (C=O) groups is 1. The van der Waals surface area contributed by atoms with Crippen LogP contribution >= 0.6 is 15.9 Å². The van der Waals surface area contributed by atoms with Crippen molar-refractivity contribution < 1.29 is 9.53 Å². The first-order valence-corrected chi connectivity index (χ1v) is 6.83. The lowest BCUT2D eigenvalue weighted by atomic mass is 9.92. The molecule has 1 aromatic rings. The standard InChI is InChI=1S/C14H17BrO2/c1-10-8-12(2-3-13(10)15)14(16)9-11-4-6-17-7-5-11/h2-3,8,11H,4-7,9H2,1H3. The number of halogens is 1. The first-order valence-electron chi connectivity index (χ1n) is 6.04. The fourth-order valence-corrected chi connectivity index (χ4v) is 2.40. The van der Waals surface area contributed by atoms with Crippen LogP contribution in [0.3, 0.4) is 0 Å². The number of hydrogen-bond donors (Lipinski definition) is 0. The molecule has 0 saturated carbocycles. The maximum absolute atomic E-state index is 12.1. The number of Topliss-reactive ketones (excluding diaryl/α,β-unsaturated/α-hetero) is 1. The van der Waals surface area contributed by atoms with Crippen LogP contribution in [0.5, 0.6) is 0 Å². The SMILES string of the molecule is Cc1cc(C(=O)CC2CCOCC2)ccc1Br. The lowest BCUT2D eigenvalue weighted by molar-refractivity contribution is 0.0601. The van der Waals surface area contributed by atoms with E-state index < -0.39 is 0 Å². The van der Waals surface area contributed by atoms with E-state index in [2.05, 4.69) is 15.9 Å². The number of rotatable bonds is 3. The van der Waals surface area contributed by atoms with Crippen molar-refractivity contribution in [3.05, 3.63) is 33.8 Å². The van der Waals surface area contributed by atoms with Gasteiger partial charge < -0.3 is 4.74 Å². The lowest BCUT2D eigenvalue weighted by Gasteiger charge is -2.21. The molecule has 1 saturated heterocycles. The average Bonchev–Trinajstić information content (AvgIpc) is 2.34. The highest BCUT2D eigenvalue weighted by atomic mass is 79.9. The fourth-order valence-electron chi connectivity index (χ4n) is 2.15. The summed E-state index contributed by atoms with van der Waals surface area (Å²) < 4.78 is 6.36. The Kier molecular flexibility index (Phi) is 4.35. The van der Waals surface area contributed by atoms with Crippen LogP contribution in [-0.4, -0.2) is 19.0 Å². The van der Waals surface area contributed by atoms with Crippen molar-refractivity contribution in [3.8, 4) is 0 Å². The Morgan fingerprint density at radius 1 is 1.41 bits per heavy atom. The fraction of sp³-hybridized carbons (Fsp3) is 0.500. The van der Waals surface area contributed by atoms with Gasteiger partial charge in [-0.05, 0) is 43.4 Å². The molecule has 92 valence electrons. The minimum absolute atomic E-state index is 0.257. The highest BCUT2D eigenvalue weighted by Crippen LogP contribution is 2.23. The van der Waals surface area contributed by atoms with Crippen molar-refractivity contribution in [1.82, 2.24) is 0 Å². The Morgan fingerprint density at radius 3 is 2.76 bits per heavy atom. The monoisotopic (exact) mass is 296 g/mol. The van der Waals surface area contributed by atoms with E-state index in [1.807, 2.05) is 25.1 Å². The smallest absolute Gasteiger partial charge is 0.163 e. The van der Waals surface area contributed by atoms with Gasteiger partial charge in [0.2, 0.25) is 0 Å². The summed E-state index contributed by atoms with van der Waals surface area (Å²) in [5, 5.41) is 0. The molecule has 0 bridgehead atoms. The molecule has 0 aromatic heterocycles. The van der Waals surface area contributed by atoms with Crippen LogP contribution in [0.4, 0.5) is 0 Å². The van der Waals surface area contributed by atoms with Crippen molar-refractivity contribution in [2.45, 2.75) is 26.2 Å². The van der Waals surface area contributed by atoms with E-state index >= 15 is 0 Å². The van der Waals surface area contributed by atoms with Gasteiger partial charge in [0.25, 0.3) is 0 Å². The van der Waals surface area contributed by atoms with Gasteiger partial charge in [-0.25, -0.2) is 0 Å². The van der Waals surface area contributed by atoms with Crippen LogP contribution in [0.2, 0.25) is 0 Å². The van der Waals surface area contributed by atoms with E-state index in [9.17, 15) is 4.79 Å². The van der Waals surface area contributed by atoms with Crippen molar-refractivity contribution in [3.63, 3.8) is 0 Å². The van der Waals surface area contributed by atoms with Gasteiger partial charge in [-0.2, -0.15) is 0 Å². The molecule has 1 aromatic carbocycles. The lowest BCUT2D eigenvalue weighted by Crippen LogP contribution is -2.18. The number of carbonyl (C=O) groups excluding carboxylic acids is 1. The third-order valence-corrected chi connectivity index (χ3v) is 4.18. The third-order valence-electron chi connectivity index (χ3n) is 3.29. The highest BCUT2D eigenvalue weighted by Gasteiger charge is 2.18. The predicted molar refractivity (Wildman–Crippen MR) is 71.4 cm³/mol. The van der Waals surface area contributed by atoms with Gasteiger partial charge in [-0.1, -0.05) is 22.0 Å². The molecule has 0 unspecified atom stereocenters. The number of aryl methyl sites for hydroxylation is 1. The summed E-state index contributed by atoms with van der Waals surface area (Å²) in [7, 11) is 0. The molecule has 1 heterocycles. The first kappa shape index (κ1) is 12.8. The van der Waals surface area contributed by atoms with Gasteiger partial charge >= 0.3 is 0 Å². The maximum Gasteiger partial charge on any atom is 0.163 e. The Balaban J connectivity index is 2.01. The summed E-state index contributed by atoms with van der Waals surface area (Å²) in [6.07, 6.45) is 2.69. The predicted octanol–water partition coefficient (Wildman–Crippen LogP) is 3.76. The van der Waals surface area contributed by atoms with Gasteiger partial charge in [0, 0.05) is 29.7 Å². The van der Waals surface area contributed by atoms with Gasteiger partial charge in [0.1, 0.15) is 0 Å². The Labute approximate surface area is 110 Å². The highest BCUT2D eigenvalue weighted by molar-refractivity contribution is 9.10. The normalized spacial score (nSPS) is 17.1. The van der Waals surface area contributed by atoms with E-state index in [0.717, 1.165) is 41.7 Å². The summed E-state index contributed by atoms with van der Waals surface area (Å²) in [4.78, 5) is 12.1. The van der Waals surface area contributed by atoms with E-state index in [1.54, 1.807) is 0 Å². The van der Waals surface area contributed by atoms with Gasteiger partial charge in [-0.3, -0.25) is 4.79 Å². The topological polar surface area (TPSA) is 26.3 Å². The van der Waals surface area contributed by atoms with Crippen LogP contribution in [0.1, 0.15) is 35.2 Å². The molecule has 2 rings (SSSR count). The quantitative estimate of drug-likeness (QED) is 0.794. The molecular formula is C14H17BrO2. The number of ether oxygens (including phenoxy) is 1. The van der Waals surface area contributed by atoms with Crippen LogP contribution in [0.15, 0.2) is 22.7 Å². The molecular weight excluding hydrogens is 280 g/mol. The molecule has 0 N–H and O–H groups in total. The summed E-state index contributed by atoms with van der Waals surface area (Å²) in [5.41, 5.74) is 1.94. The van der Waals surface area contributed by atoms with Crippen LogP contribution < -0.4 is 0 Å². The Morgan fingerprint density at radius 2 is 2.12 bits per heavy atom. The second kappa shape index (κ2) is 5.78. The molecule has 17 heavy (non-hydrogen) atoms. The van der Waals surface area contributed by atoms with Gasteiger partial charge in [0.05, 0.1) is 0 Å². The summed E-state index contributed by atoms with van der Waals surface area (Å²) >= 11 is 3.45. The number of hydrogen-bond acceptors (Lipinski definition) is 2. The second-order valence-electron chi connectivity index (χ2n) is 4.65. The Hall–Kier alpha value is -0.670.